The highest BCUT2D eigenvalue weighted by atomic mass is 19.1. The Morgan fingerprint density at radius 3 is 2.68 bits per heavy atom. The quantitative estimate of drug-likeness (QED) is 0.752. The van der Waals surface area contributed by atoms with E-state index >= 15 is 0 Å². The van der Waals surface area contributed by atoms with Crippen LogP contribution >= 0.6 is 0 Å². The second-order valence-electron chi connectivity index (χ2n) is 5.24. The second-order valence-corrected chi connectivity index (χ2v) is 5.24. The molecule has 2 rings (SSSR count). The molecule has 0 spiro atoms. The number of hydrogen-bond acceptors (Lipinski definition) is 3. The third-order valence-corrected chi connectivity index (χ3v) is 3.38. The number of aromatic carboxylic acids is 1. The predicted molar refractivity (Wildman–Crippen MR) is 93.7 cm³/mol. The lowest BCUT2D eigenvalue weighted by molar-refractivity contribution is -0.111. The van der Waals surface area contributed by atoms with Gasteiger partial charge in [-0.1, -0.05) is 18.2 Å². The van der Waals surface area contributed by atoms with Gasteiger partial charge in [-0.25, -0.2) is 9.18 Å². The van der Waals surface area contributed by atoms with Gasteiger partial charge in [0.1, 0.15) is 19.0 Å². The van der Waals surface area contributed by atoms with E-state index < -0.39 is 18.6 Å². The molecule has 0 heterocycles. The number of carbonyl (C=O) groups excluding carboxylic acids is 1. The minimum atomic E-state index is -1.11. The number of halogens is 1. The molecule has 0 saturated heterocycles. The Labute approximate surface area is 144 Å². The summed E-state index contributed by atoms with van der Waals surface area (Å²) in [4.78, 5) is 23.1. The highest BCUT2D eigenvalue weighted by Crippen LogP contribution is 2.20. The lowest BCUT2D eigenvalue weighted by atomic mass is 10.1. The number of alkyl halides is 1. The van der Waals surface area contributed by atoms with E-state index in [1.54, 1.807) is 30.3 Å². The summed E-state index contributed by atoms with van der Waals surface area (Å²) in [5.74, 6) is -0.960. The number of carbonyl (C=O) groups is 2. The van der Waals surface area contributed by atoms with Gasteiger partial charge in [-0.05, 0) is 48.4 Å². The zero-order valence-corrected chi connectivity index (χ0v) is 13.7. The van der Waals surface area contributed by atoms with Crippen LogP contribution in [0.1, 0.15) is 21.5 Å². The molecule has 0 aliphatic carbocycles. The van der Waals surface area contributed by atoms with Gasteiger partial charge >= 0.3 is 5.97 Å². The van der Waals surface area contributed by atoms with E-state index in [1.165, 1.54) is 18.2 Å². The predicted octanol–water partition coefficient (Wildman–Crippen LogP) is 3.69. The van der Waals surface area contributed by atoms with Gasteiger partial charge in [0.15, 0.2) is 0 Å². The van der Waals surface area contributed by atoms with E-state index in [4.69, 9.17) is 9.84 Å². The molecular weight excluding hydrogens is 325 g/mol. The number of anilines is 1. The van der Waals surface area contributed by atoms with Crippen molar-refractivity contribution >= 4 is 23.6 Å². The smallest absolute Gasteiger partial charge is 0.337 e. The molecule has 5 nitrogen and oxygen atoms in total. The lowest BCUT2D eigenvalue weighted by Gasteiger charge is -2.08. The first-order valence-corrected chi connectivity index (χ1v) is 7.62. The summed E-state index contributed by atoms with van der Waals surface area (Å²) in [5.41, 5.74) is 1.85. The Bertz CT molecular complexity index is 802. The van der Waals surface area contributed by atoms with Crippen molar-refractivity contribution in [3.63, 3.8) is 0 Å². The third kappa shape index (κ3) is 5.17. The number of benzene rings is 2. The zero-order valence-electron chi connectivity index (χ0n) is 13.7. The van der Waals surface area contributed by atoms with Crippen molar-refractivity contribution in [2.24, 2.45) is 0 Å². The largest absolute Gasteiger partial charge is 0.491 e. The van der Waals surface area contributed by atoms with Crippen LogP contribution in [0.15, 0.2) is 48.5 Å². The molecule has 0 unspecified atom stereocenters. The standard InChI is InChI=1S/C19H18FNO4/c1-13-12-14(6-8-17(13)25-11-10-20)7-9-18(22)21-16-5-3-2-4-15(16)19(23)24/h2-9,12H,10-11H2,1H3,(H,21,22)(H,23,24)/b9-7+. The number of hydrogen-bond donors (Lipinski definition) is 2. The maximum atomic E-state index is 12.1. The van der Waals surface area contributed by atoms with Crippen LogP contribution in [0.25, 0.3) is 6.08 Å². The third-order valence-electron chi connectivity index (χ3n) is 3.38. The molecule has 0 atom stereocenters. The zero-order chi connectivity index (χ0) is 18.2. The summed E-state index contributed by atoms with van der Waals surface area (Å²) in [6.07, 6.45) is 2.92. The van der Waals surface area contributed by atoms with Crippen LogP contribution in [-0.4, -0.2) is 30.3 Å². The van der Waals surface area contributed by atoms with Crippen LogP contribution in [0.3, 0.4) is 0 Å². The van der Waals surface area contributed by atoms with E-state index in [2.05, 4.69) is 5.32 Å². The highest BCUT2D eigenvalue weighted by Gasteiger charge is 2.10. The SMILES string of the molecule is Cc1cc(/C=C/C(=O)Nc2ccccc2C(=O)O)ccc1OCCF. The summed E-state index contributed by atoms with van der Waals surface area (Å²) < 4.78 is 17.4. The molecule has 0 fully saturated rings. The number of rotatable bonds is 7. The van der Waals surface area contributed by atoms with Gasteiger partial charge in [0.2, 0.25) is 5.91 Å². The molecule has 2 aromatic carbocycles. The van der Waals surface area contributed by atoms with Crippen molar-refractivity contribution < 1.29 is 23.8 Å². The fourth-order valence-corrected chi connectivity index (χ4v) is 2.21. The minimum Gasteiger partial charge on any atom is -0.491 e. The first-order chi connectivity index (χ1) is 12.0. The fourth-order valence-electron chi connectivity index (χ4n) is 2.21. The van der Waals surface area contributed by atoms with Gasteiger partial charge in [0.25, 0.3) is 0 Å². The Morgan fingerprint density at radius 1 is 1.24 bits per heavy atom. The Morgan fingerprint density at radius 2 is 2.00 bits per heavy atom. The number of aryl methyl sites for hydroxylation is 1. The van der Waals surface area contributed by atoms with Crippen LogP contribution < -0.4 is 10.1 Å². The first-order valence-electron chi connectivity index (χ1n) is 7.62. The molecular formula is C19H18FNO4. The van der Waals surface area contributed by atoms with Crippen molar-refractivity contribution in [3.05, 3.63) is 65.2 Å². The molecule has 2 aromatic rings. The van der Waals surface area contributed by atoms with Crippen molar-refractivity contribution in [2.75, 3.05) is 18.6 Å². The number of amides is 1. The van der Waals surface area contributed by atoms with Crippen molar-refractivity contribution in [2.45, 2.75) is 6.92 Å². The molecule has 0 aliphatic heterocycles. The topological polar surface area (TPSA) is 75.6 Å². The number of carboxylic acid groups (broad SMARTS) is 1. The van der Waals surface area contributed by atoms with Crippen LogP contribution in [-0.2, 0) is 4.79 Å². The number of ether oxygens (including phenoxy) is 1. The molecule has 25 heavy (non-hydrogen) atoms. The average molecular weight is 343 g/mol. The molecule has 0 bridgehead atoms. The average Bonchev–Trinajstić information content (AvgIpc) is 2.59. The summed E-state index contributed by atoms with van der Waals surface area (Å²) in [5, 5.41) is 11.6. The van der Waals surface area contributed by atoms with Crippen molar-refractivity contribution in [1.82, 2.24) is 0 Å². The molecule has 130 valence electrons. The van der Waals surface area contributed by atoms with Crippen LogP contribution in [0.2, 0.25) is 0 Å². The monoisotopic (exact) mass is 343 g/mol. The molecule has 0 saturated carbocycles. The summed E-state index contributed by atoms with van der Waals surface area (Å²) in [7, 11) is 0. The van der Waals surface area contributed by atoms with Crippen molar-refractivity contribution in [3.8, 4) is 5.75 Å². The molecule has 6 heteroatoms. The maximum absolute atomic E-state index is 12.1. The summed E-state index contributed by atoms with van der Waals surface area (Å²) >= 11 is 0. The van der Waals surface area contributed by atoms with Gasteiger partial charge < -0.3 is 15.2 Å². The highest BCUT2D eigenvalue weighted by molar-refractivity contribution is 6.06. The normalized spacial score (nSPS) is 10.6. The van der Waals surface area contributed by atoms with E-state index in [0.717, 1.165) is 11.1 Å². The Balaban J connectivity index is 2.06. The van der Waals surface area contributed by atoms with Gasteiger partial charge in [0.05, 0.1) is 11.3 Å². The molecule has 0 radical (unpaired) electrons. The molecule has 2 N–H and O–H groups in total. The molecule has 1 amide bonds. The van der Waals surface area contributed by atoms with Gasteiger partial charge in [-0.2, -0.15) is 0 Å². The Hall–Kier alpha value is -3.15. The van der Waals surface area contributed by atoms with Gasteiger partial charge in [0, 0.05) is 6.08 Å². The van der Waals surface area contributed by atoms with Crippen molar-refractivity contribution in [1.29, 1.82) is 0 Å². The maximum Gasteiger partial charge on any atom is 0.337 e. The van der Waals surface area contributed by atoms with Gasteiger partial charge in [-0.3, -0.25) is 4.79 Å². The van der Waals surface area contributed by atoms with E-state index in [0.29, 0.717) is 5.75 Å². The molecule has 0 aliphatic rings. The van der Waals surface area contributed by atoms with E-state index in [9.17, 15) is 14.0 Å². The number of para-hydroxylation sites is 1. The Kier molecular flexibility index (Phi) is 6.28. The lowest BCUT2D eigenvalue weighted by Crippen LogP contribution is -2.11. The van der Waals surface area contributed by atoms with E-state index in [-0.39, 0.29) is 17.9 Å². The number of carboxylic acids is 1. The fraction of sp³-hybridized carbons (Fsp3) is 0.158. The summed E-state index contributed by atoms with van der Waals surface area (Å²) in [6.45, 7) is 1.27. The van der Waals surface area contributed by atoms with Crippen LogP contribution in [0.5, 0.6) is 5.75 Å². The minimum absolute atomic E-state index is 0.00141. The summed E-state index contributed by atoms with van der Waals surface area (Å²) in [6, 6.07) is 11.4. The number of nitrogens with one attached hydrogen (secondary N) is 1. The van der Waals surface area contributed by atoms with Crippen LogP contribution in [0.4, 0.5) is 10.1 Å². The van der Waals surface area contributed by atoms with E-state index in [1.807, 2.05) is 13.0 Å². The first kappa shape index (κ1) is 18.2. The van der Waals surface area contributed by atoms with Gasteiger partial charge in [-0.15, -0.1) is 0 Å². The molecule has 0 aromatic heterocycles. The van der Waals surface area contributed by atoms with Crippen LogP contribution in [0, 0.1) is 6.92 Å². The second kappa shape index (κ2) is 8.63.